The molecule has 1 aliphatic rings. The highest BCUT2D eigenvalue weighted by Crippen LogP contribution is 2.40. The molecule has 1 saturated heterocycles. The molecule has 244 valence electrons. The van der Waals surface area contributed by atoms with Gasteiger partial charge in [-0.25, -0.2) is 17.9 Å². The number of carbonyl (C=O) groups is 1. The maximum Gasteiger partial charge on any atom is 0.324 e. The molecule has 3 aromatic carbocycles. The summed E-state index contributed by atoms with van der Waals surface area (Å²) in [7, 11) is -3.73. The number of amides is 2. The third-order valence-electron chi connectivity index (χ3n) is 8.67. The Bertz CT molecular complexity index is 1770. The zero-order chi connectivity index (χ0) is 33.3. The smallest absolute Gasteiger partial charge is 0.317 e. The number of hydrogen-bond donors (Lipinski definition) is 3. The first kappa shape index (κ1) is 33.4. The Hall–Kier alpha value is -3.95. The van der Waals surface area contributed by atoms with Gasteiger partial charge < -0.3 is 10.6 Å². The van der Waals surface area contributed by atoms with Gasteiger partial charge in [-0.2, -0.15) is 5.10 Å². The van der Waals surface area contributed by atoms with Crippen molar-refractivity contribution >= 4 is 27.4 Å². The zero-order valence-corrected chi connectivity index (χ0v) is 28.8. The van der Waals surface area contributed by atoms with Crippen molar-refractivity contribution in [2.24, 2.45) is 5.92 Å². The lowest BCUT2D eigenvalue weighted by Crippen LogP contribution is -2.33. The number of piperidine rings is 1. The molecule has 1 atom stereocenters. The highest BCUT2D eigenvalue weighted by atomic mass is 32.2. The number of aromatic nitrogens is 2. The van der Waals surface area contributed by atoms with Gasteiger partial charge in [0.25, 0.3) is 0 Å². The molecule has 2 heterocycles. The number of aryl methyl sites for hydroxylation is 1. The number of nitrogens with zero attached hydrogens (tertiary/aromatic N) is 2. The van der Waals surface area contributed by atoms with Crippen molar-refractivity contribution in [3.8, 4) is 5.69 Å². The van der Waals surface area contributed by atoms with E-state index in [9.17, 15) is 13.2 Å². The summed E-state index contributed by atoms with van der Waals surface area (Å²) in [5.74, 6) is 0.480. The first-order valence-corrected chi connectivity index (χ1v) is 17.6. The van der Waals surface area contributed by atoms with E-state index in [1.165, 1.54) is 0 Å². The van der Waals surface area contributed by atoms with Crippen LogP contribution >= 0.6 is 0 Å². The number of nitrogens with one attached hydrogen (secondary N) is 3. The second-order valence-electron chi connectivity index (χ2n) is 14.4. The second kappa shape index (κ2) is 13.0. The van der Waals surface area contributed by atoms with Crippen LogP contribution in [0.25, 0.3) is 5.69 Å². The van der Waals surface area contributed by atoms with Crippen LogP contribution in [0.1, 0.15) is 82.0 Å². The summed E-state index contributed by atoms with van der Waals surface area (Å²) in [6.07, 6.45) is 1.50. The van der Waals surface area contributed by atoms with Crippen LogP contribution in [0.5, 0.6) is 0 Å². The first-order chi connectivity index (χ1) is 21.6. The fourth-order valence-electron chi connectivity index (χ4n) is 5.93. The minimum atomic E-state index is -3.73. The predicted octanol–water partition coefficient (Wildman–Crippen LogP) is 7.93. The molecule has 3 N–H and O–H groups in total. The van der Waals surface area contributed by atoms with Crippen molar-refractivity contribution in [1.82, 2.24) is 15.1 Å². The molecule has 0 saturated carbocycles. The van der Waals surface area contributed by atoms with E-state index in [4.69, 9.17) is 5.10 Å². The third-order valence-corrected chi connectivity index (χ3v) is 10.9. The Kier molecular flexibility index (Phi) is 9.47. The van der Waals surface area contributed by atoms with Crippen LogP contribution in [0.4, 0.5) is 16.3 Å². The SMILES string of the molecule is Cc1ccc(-n2nc(C(C)(C)C)cc2NC(=O)Nc2cccc(C(C3CCNCC3)S(=O)(=O)c3ccc(C(C)(C)C)cc3)c2)cc1. The number of carbonyl (C=O) groups excluding carboxylic acids is 1. The topological polar surface area (TPSA) is 105 Å². The molecular weight excluding hydrogens is 595 g/mol. The lowest BCUT2D eigenvalue weighted by atomic mass is 9.87. The van der Waals surface area contributed by atoms with Crippen LogP contribution in [0.15, 0.2) is 83.8 Å². The molecule has 0 spiro atoms. The molecule has 5 rings (SSSR count). The Morgan fingerprint density at radius 2 is 1.52 bits per heavy atom. The maximum absolute atomic E-state index is 14.3. The molecule has 2 amide bonds. The van der Waals surface area contributed by atoms with Crippen molar-refractivity contribution in [2.75, 3.05) is 23.7 Å². The largest absolute Gasteiger partial charge is 0.324 e. The van der Waals surface area contributed by atoms with Crippen molar-refractivity contribution in [3.05, 3.63) is 101 Å². The summed E-state index contributed by atoms with van der Waals surface area (Å²) in [5.41, 5.74) is 4.78. The Morgan fingerprint density at radius 3 is 2.13 bits per heavy atom. The van der Waals surface area contributed by atoms with Gasteiger partial charge in [-0.05, 0) is 91.7 Å². The number of sulfone groups is 1. The molecule has 8 nitrogen and oxygen atoms in total. The van der Waals surface area contributed by atoms with Crippen molar-refractivity contribution in [1.29, 1.82) is 0 Å². The van der Waals surface area contributed by atoms with E-state index in [0.717, 1.165) is 48.4 Å². The van der Waals surface area contributed by atoms with Crippen molar-refractivity contribution in [2.45, 2.75) is 82.3 Å². The van der Waals surface area contributed by atoms with Gasteiger partial charge in [-0.1, -0.05) is 83.5 Å². The number of rotatable bonds is 7. The molecule has 1 unspecified atom stereocenters. The Morgan fingerprint density at radius 1 is 0.870 bits per heavy atom. The molecule has 0 radical (unpaired) electrons. The average Bonchev–Trinajstić information content (AvgIpc) is 3.42. The highest BCUT2D eigenvalue weighted by Gasteiger charge is 2.37. The fraction of sp³-hybridized carbons (Fsp3) is 0.405. The third kappa shape index (κ3) is 7.53. The van der Waals surface area contributed by atoms with Crippen molar-refractivity contribution < 1.29 is 13.2 Å². The van der Waals surface area contributed by atoms with Gasteiger partial charge >= 0.3 is 6.03 Å². The lowest BCUT2D eigenvalue weighted by molar-refractivity contribution is 0.262. The molecule has 1 aromatic heterocycles. The van der Waals surface area contributed by atoms with E-state index in [2.05, 4.69) is 57.5 Å². The quantitative estimate of drug-likeness (QED) is 0.190. The Balaban J connectivity index is 1.43. The number of hydrogen-bond acceptors (Lipinski definition) is 5. The second-order valence-corrected chi connectivity index (χ2v) is 16.5. The van der Waals surface area contributed by atoms with E-state index in [1.54, 1.807) is 28.9 Å². The molecular formula is C37H47N5O3S. The van der Waals surface area contributed by atoms with Gasteiger partial charge in [0.2, 0.25) is 0 Å². The van der Waals surface area contributed by atoms with Crippen LogP contribution in [0, 0.1) is 12.8 Å². The minimum Gasteiger partial charge on any atom is -0.317 e. The van der Waals surface area contributed by atoms with Crippen LogP contribution in [0.2, 0.25) is 0 Å². The Labute approximate surface area is 273 Å². The zero-order valence-electron chi connectivity index (χ0n) is 28.0. The summed E-state index contributed by atoms with van der Waals surface area (Å²) in [5, 5.41) is 13.3. The molecule has 1 fully saturated rings. The van der Waals surface area contributed by atoms with Gasteiger partial charge in [0.15, 0.2) is 9.84 Å². The van der Waals surface area contributed by atoms with E-state index in [-0.39, 0.29) is 16.7 Å². The van der Waals surface area contributed by atoms with Crippen LogP contribution in [0.3, 0.4) is 0 Å². The summed E-state index contributed by atoms with van der Waals surface area (Å²) in [4.78, 5) is 13.7. The number of benzene rings is 3. The van der Waals surface area contributed by atoms with Crippen LogP contribution < -0.4 is 16.0 Å². The fourth-order valence-corrected chi connectivity index (χ4v) is 8.03. The minimum absolute atomic E-state index is 0.0581. The predicted molar refractivity (Wildman–Crippen MR) is 187 cm³/mol. The van der Waals surface area contributed by atoms with E-state index < -0.39 is 21.1 Å². The van der Waals surface area contributed by atoms with Gasteiger partial charge in [0, 0.05) is 17.2 Å². The standard InChI is InChI=1S/C37H47N5O3S/c1-25-11-15-30(16-12-25)42-33(24-32(41-42)37(5,6)7)40-35(43)39-29-10-8-9-27(23-29)34(26-19-21-38-22-20-26)46(44,45)31-17-13-28(14-18-31)36(2,3)4/h8-18,23-24,26,34,38H,19-22H2,1-7H3,(H2,39,40,43). The maximum atomic E-state index is 14.3. The van der Waals surface area contributed by atoms with E-state index in [1.807, 2.05) is 61.5 Å². The molecule has 9 heteroatoms. The molecule has 1 aliphatic heterocycles. The average molecular weight is 642 g/mol. The van der Waals surface area contributed by atoms with Gasteiger partial charge in [-0.3, -0.25) is 5.32 Å². The van der Waals surface area contributed by atoms with E-state index in [0.29, 0.717) is 22.0 Å². The highest BCUT2D eigenvalue weighted by molar-refractivity contribution is 7.91. The number of urea groups is 1. The summed E-state index contributed by atoms with van der Waals surface area (Å²) >= 11 is 0. The normalized spacial score (nSPS) is 15.4. The molecule has 46 heavy (non-hydrogen) atoms. The molecule has 0 bridgehead atoms. The van der Waals surface area contributed by atoms with E-state index >= 15 is 0 Å². The summed E-state index contributed by atoms with van der Waals surface area (Å²) in [6, 6.07) is 24.0. The summed E-state index contributed by atoms with van der Waals surface area (Å²) < 4.78 is 30.4. The summed E-state index contributed by atoms with van der Waals surface area (Å²) in [6.45, 7) is 16.1. The molecule has 0 aliphatic carbocycles. The lowest BCUT2D eigenvalue weighted by Gasteiger charge is -2.31. The monoisotopic (exact) mass is 641 g/mol. The van der Waals surface area contributed by atoms with Gasteiger partial charge in [0.05, 0.1) is 21.5 Å². The van der Waals surface area contributed by atoms with Gasteiger partial charge in [-0.15, -0.1) is 0 Å². The number of anilines is 2. The molecule has 4 aromatic rings. The van der Waals surface area contributed by atoms with Crippen molar-refractivity contribution in [3.63, 3.8) is 0 Å². The first-order valence-electron chi connectivity index (χ1n) is 16.0. The van der Waals surface area contributed by atoms with Crippen LogP contribution in [-0.4, -0.2) is 37.3 Å². The van der Waals surface area contributed by atoms with Crippen LogP contribution in [-0.2, 0) is 20.7 Å². The van der Waals surface area contributed by atoms with Gasteiger partial charge in [0.1, 0.15) is 5.82 Å².